The molecular weight excluding hydrogens is 472 g/mol. The predicted octanol–water partition coefficient (Wildman–Crippen LogP) is 5.56. The molecule has 2 N–H and O–H groups in total. The predicted molar refractivity (Wildman–Crippen MR) is 136 cm³/mol. The summed E-state index contributed by atoms with van der Waals surface area (Å²) in [4.78, 5) is 12.4. The monoisotopic (exact) mass is 500 g/mol. The minimum absolute atomic E-state index is 0.0266. The van der Waals surface area contributed by atoms with E-state index in [1.54, 1.807) is 18.2 Å². The van der Waals surface area contributed by atoms with Crippen LogP contribution in [0.5, 0.6) is 5.75 Å². The number of amides is 1. The van der Waals surface area contributed by atoms with Gasteiger partial charge in [-0.1, -0.05) is 56.6 Å². The molecule has 0 aliphatic rings. The first-order valence-electron chi connectivity index (χ1n) is 10.9. The molecule has 0 unspecified atom stereocenters. The van der Waals surface area contributed by atoms with Gasteiger partial charge in [0.1, 0.15) is 17.3 Å². The Balaban J connectivity index is 1.61. The van der Waals surface area contributed by atoms with Gasteiger partial charge in [0.2, 0.25) is 0 Å². The van der Waals surface area contributed by atoms with Gasteiger partial charge in [-0.3, -0.25) is 9.52 Å². The second kappa shape index (κ2) is 10.5. The fourth-order valence-corrected chi connectivity index (χ4v) is 4.83. The van der Waals surface area contributed by atoms with Gasteiger partial charge in [0.15, 0.2) is 0 Å². The van der Waals surface area contributed by atoms with Crippen molar-refractivity contribution in [2.24, 2.45) is 0 Å². The summed E-state index contributed by atoms with van der Waals surface area (Å²) in [6.45, 7) is 8.82. The van der Waals surface area contributed by atoms with Gasteiger partial charge in [-0.2, -0.15) is 0 Å². The van der Waals surface area contributed by atoms with Crippen LogP contribution in [0, 0.1) is 6.92 Å². The molecule has 0 radical (unpaired) electrons. The van der Waals surface area contributed by atoms with Gasteiger partial charge in [0.05, 0.1) is 11.6 Å². The van der Waals surface area contributed by atoms with E-state index in [0.717, 1.165) is 5.56 Å². The smallest absolute Gasteiger partial charge is 0.263 e. The third-order valence-corrected chi connectivity index (χ3v) is 6.99. The van der Waals surface area contributed by atoms with Crippen LogP contribution in [0.15, 0.2) is 71.6 Å². The van der Waals surface area contributed by atoms with E-state index in [4.69, 9.17) is 16.3 Å². The zero-order chi connectivity index (χ0) is 24.9. The average molecular weight is 501 g/mol. The molecule has 0 atom stereocenters. The minimum Gasteiger partial charge on any atom is -0.492 e. The lowest BCUT2D eigenvalue weighted by Crippen LogP contribution is -2.28. The standard InChI is InChI=1S/C26H29ClN2O4S/c1-18-6-5-7-21(16-18)29-34(31,32)24-17-19(8-13-23(24)27)25(30)28-14-15-33-22-11-9-20(10-12-22)26(2,3)4/h5-13,16-17,29H,14-15H2,1-4H3,(H,28,30). The van der Waals surface area contributed by atoms with Crippen LogP contribution in [0.3, 0.4) is 0 Å². The van der Waals surface area contributed by atoms with E-state index < -0.39 is 15.9 Å². The first-order valence-corrected chi connectivity index (χ1v) is 12.7. The van der Waals surface area contributed by atoms with Gasteiger partial charge in [0, 0.05) is 11.3 Å². The number of aryl methyl sites for hydroxylation is 1. The Labute approximate surface area is 206 Å². The van der Waals surface area contributed by atoms with Gasteiger partial charge >= 0.3 is 0 Å². The number of halogens is 1. The fourth-order valence-electron chi connectivity index (χ4n) is 3.26. The van der Waals surface area contributed by atoms with Gasteiger partial charge in [-0.05, 0) is 65.9 Å². The molecule has 0 aromatic heterocycles. The van der Waals surface area contributed by atoms with Crippen molar-refractivity contribution in [1.82, 2.24) is 5.32 Å². The van der Waals surface area contributed by atoms with Crippen LogP contribution in [0.2, 0.25) is 5.02 Å². The molecule has 34 heavy (non-hydrogen) atoms. The van der Waals surface area contributed by atoms with Crippen molar-refractivity contribution in [3.8, 4) is 5.75 Å². The molecule has 0 aliphatic heterocycles. The Bertz CT molecular complexity index is 1270. The highest BCUT2D eigenvalue weighted by Crippen LogP contribution is 2.26. The summed E-state index contributed by atoms with van der Waals surface area (Å²) < 4.78 is 33.9. The topological polar surface area (TPSA) is 84.5 Å². The molecule has 0 heterocycles. The largest absolute Gasteiger partial charge is 0.492 e. The van der Waals surface area contributed by atoms with Crippen LogP contribution in [0.1, 0.15) is 42.3 Å². The Kier molecular flexibility index (Phi) is 7.89. The summed E-state index contributed by atoms with van der Waals surface area (Å²) in [6, 6.07) is 19.0. The van der Waals surface area contributed by atoms with Crippen molar-refractivity contribution in [2.45, 2.75) is 38.0 Å². The van der Waals surface area contributed by atoms with Gasteiger partial charge in [-0.15, -0.1) is 0 Å². The maximum atomic E-state index is 12.9. The second-order valence-electron chi connectivity index (χ2n) is 9.00. The van der Waals surface area contributed by atoms with E-state index >= 15 is 0 Å². The lowest BCUT2D eigenvalue weighted by atomic mass is 9.87. The van der Waals surface area contributed by atoms with E-state index in [0.29, 0.717) is 11.4 Å². The Hall–Kier alpha value is -3.03. The number of carbonyl (C=O) groups excluding carboxylic acids is 1. The van der Waals surface area contributed by atoms with Gasteiger partial charge in [-0.25, -0.2) is 8.42 Å². The number of anilines is 1. The number of benzene rings is 3. The van der Waals surface area contributed by atoms with Crippen LogP contribution >= 0.6 is 11.6 Å². The molecule has 0 aliphatic carbocycles. The summed E-state index contributed by atoms with van der Waals surface area (Å²) in [7, 11) is -3.98. The zero-order valence-corrected chi connectivity index (χ0v) is 21.3. The highest BCUT2D eigenvalue weighted by molar-refractivity contribution is 7.92. The van der Waals surface area contributed by atoms with Crippen LogP contribution in [0.4, 0.5) is 5.69 Å². The lowest BCUT2D eigenvalue weighted by molar-refractivity contribution is 0.0946. The molecule has 8 heteroatoms. The molecular formula is C26H29ClN2O4S. The van der Waals surface area contributed by atoms with Crippen molar-refractivity contribution < 1.29 is 17.9 Å². The number of sulfonamides is 1. The summed E-state index contributed by atoms with van der Waals surface area (Å²) in [6.07, 6.45) is 0. The summed E-state index contributed by atoms with van der Waals surface area (Å²) in [5.41, 5.74) is 2.78. The van der Waals surface area contributed by atoms with Crippen molar-refractivity contribution in [1.29, 1.82) is 0 Å². The van der Waals surface area contributed by atoms with E-state index in [2.05, 4.69) is 30.8 Å². The first kappa shape index (κ1) is 25.6. The molecule has 3 aromatic carbocycles. The molecule has 180 valence electrons. The number of ether oxygens (including phenoxy) is 1. The third-order valence-electron chi connectivity index (χ3n) is 5.13. The summed E-state index contributed by atoms with van der Waals surface area (Å²) >= 11 is 6.15. The highest BCUT2D eigenvalue weighted by atomic mass is 35.5. The number of carbonyl (C=O) groups is 1. The maximum absolute atomic E-state index is 12.9. The van der Waals surface area contributed by atoms with Crippen LogP contribution < -0.4 is 14.8 Å². The molecule has 0 spiro atoms. The molecule has 0 bridgehead atoms. The highest BCUT2D eigenvalue weighted by Gasteiger charge is 2.20. The van der Waals surface area contributed by atoms with E-state index in [9.17, 15) is 13.2 Å². The SMILES string of the molecule is Cc1cccc(NS(=O)(=O)c2cc(C(=O)NCCOc3ccc(C(C)(C)C)cc3)ccc2Cl)c1. The molecule has 3 aromatic rings. The van der Waals surface area contributed by atoms with Gasteiger partial charge in [0.25, 0.3) is 15.9 Å². The van der Waals surface area contributed by atoms with Crippen molar-refractivity contribution in [3.63, 3.8) is 0 Å². The van der Waals surface area contributed by atoms with Gasteiger partial charge < -0.3 is 10.1 Å². The molecule has 0 saturated heterocycles. The lowest BCUT2D eigenvalue weighted by Gasteiger charge is -2.19. The second-order valence-corrected chi connectivity index (χ2v) is 11.1. The number of rotatable bonds is 8. The van der Waals surface area contributed by atoms with E-state index in [1.165, 1.54) is 23.8 Å². The summed E-state index contributed by atoms with van der Waals surface area (Å²) in [5.74, 6) is 0.291. The number of hydrogen-bond donors (Lipinski definition) is 2. The quantitative estimate of drug-likeness (QED) is 0.397. The zero-order valence-electron chi connectivity index (χ0n) is 19.7. The Morgan fingerprint density at radius 1 is 1.00 bits per heavy atom. The normalized spacial score (nSPS) is 11.7. The fraction of sp³-hybridized carbons (Fsp3) is 0.269. The van der Waals surface area contributed by atoms with Crippen LogP contribution in [0.25, 0.3) is 0 Å². The Morgan fingerprint density at radius 2 is 1.71 bits per heavy atom. The van der Waals surface area contributed by atoms with Crippen molar-refractivity contribution in [3.05, 3.63) is 88.4 Å². The molecule has 1 amide bonds. The molecule has 0 saturated carbocycles. The third kappa shape index (κ3) is 6.74. The van der Waals surface area contributed by atoms with Crippen LogP contribution in [-0.4, -0.2) is 27.5 Å². The minimum atomic E-state index is -3.98. The first-order chi connectivity index (χ1) is 16.0. The Morgan fingerprint density at radius 3 is 2.35 bits per heavy atom. The van der Waals surface area contributed by atoms with Crippen molar-refractivity contribution >= 4 is 33.2 Å². The average Bonchev–Trinajstić information content (AvgIpc) is 2.76. The maximum Gasteiger partial charge on any atom is 0.263 e. The molecule has 3 rings (SSSR count). The molecule has 0 fully saturated rings. The van der Waals surface area contributed by atoms with Crippen LogP contribution in [-0.2, 0) is 15.4 Å². The molecule has 6 nitrogen and oxygen atoms in total. The van der Waals surface area contributed by atoms with Crippen molar-refractivity contribution in [2.75, 3.05) is 17.9 Å². The van der Waals surface area contributed by atoms with E-state index in [-0.39, 0.29) is 34.0 Å². The van der Waals surface area contributed by atoms with E-state index in [1.807, 2.05) is 37.3 Å². The number of hydrogen-bond acceptors (Lipinski definition) is 4. The summed E-state index contributed by atoms with van der Waals surface area (Å²) in [5, 5.41) is 2.76. The number of nitrogens with one attached hydrogen (secondary N) is 2.